The van der Waals surface area contributed by atoms with Crippen LogP contribution in [0.1, 0.15) is 38.8 Å². The fraction of sp³-hybridized carbons (Fsp3) is 0.300. The Balaban J connectivity index is 0.00000507. The lowest BCUT2D eigenvalue weighted by Gasteiger charge is -2.03. The molecule has 18 heteroatoms. The van der Waals surface area contributed by atoms with E-state index in [4.69, 9.17) is 11.5 Å². The van der Waals surface area contributed by atoms with Crippen molar-refractivity contribution in [2.24, 2.45) is 37.6 Å². The summed E-state index contributed by atoms with van der Waals surface area (Å²) in [5, 5.41) is 10.2. The summed E-state index contributed by atoms with van der Waals surface area (Å²) < 4.78 is 4.29. The van der Waals surface area contributed by atoms with Gasteiger partial charge in [0, 0.05) is 53.2 Å². The van der Waals surface area contributed by atoms with Crippen LogP contribution >= 0.6 is 12.4 Å². The number of carbonyl (C=O) groups is 4. The SMILES string of the molecule is CC(=O)Nc1cn(C)c(C(=O)Nc2cn(C)c(C(=O)Nc3cn(C)c(C(=O)NCCN=C(N)N)n3)n2)n1.Cl. The van der Waals surface area contributed by atoms with Gasteiger partial charge in [-0.15, -0.1) is 12.4 Å². The Bertz CT molecular complexity index is 1380. The number of rotatable bonds is 9. The van der Waals surface area contributed by atoms with E-state index in [9.17, 15) is 19.2 Å². The molecule has 0 saturated heterocycles. The first-order valence-electron chi connectivity index (χ1n) is 10.8. The number of nitrogens with two attached hydrogens (primary N) is 2. The van der Waals surface area contributed by atoms with E-state index in [0.717, 1.165) is 0 Å². The molecule has 0 unspecified atom stereocenters. The van der Waals surface area contributed by atoms with E-state index >= 15 is 0 Å². The second kappa shape index (κ2) is 12.3. The molecule has 0 aromatic carbocycles. The van der Waals surface area contributed by atoms with Crippen molar-refractivity contribution < 1.29 is 19.2 Å². The normalized spacial score (nSPS) is 10.2. The van der Waals surface area contributed by atoms with Crippen LogP contribution in [0.4, 0.5) is 17.5 Å². The van der Waals surface area contributed by atoms with Gasteiger partial charge in [0.25, 0.3) is 17.7 Å². The highest BCUT2D eigenvalue weighted by Gasteiger charge is 2.21. The van der Waals surface area contributed by atoms with Crippen molar-refractivity contribution in [1.82, 2.24) is 34.0 Å². The Morgan fingerprint density at radius 2 is 1.16 bits per heavy atom. The number of amides is 4. The molecule has 0 spiro atoms. The molecule has 4 amide bonds. The summed E-state index contributed by atoms with van der Waals surface area (Å²) in [6.45, 7) is 1.73. The molecule has 0 radical (unpaired) electrons. The van der Waals surface area contributed by atoms with Crippen LogP contribution in [-0.4, -0.2) is 71.3 Å². The molecule has 0 aliphatic heterocycles. The van der Waals surface area contributed by atoms with Gasteiger partial charge in [-0.25, -0.2) is 15.0 Å². The van der Waals surface area contributed by atoms with E-state index in [-0.39, 0.29) is 72.3 Å². The lowest BCUT2D eigenvalue weighted by atomic mass is 10.5. The second-order valence-electron chi connectivity index (χ2n) is 7.83. The lowest BCUT2D eigenvalue weighted by molar-refractivity contribution is -0.114. The number of hydrogen-bond acceptors (Lipinski definition) is 8. The molecule has 3 heterocycles. The van der Waals surface area contributed by atoms with Crippen LogP contribution in [0.5, 0.6) is 0 Å². The number of aryl methyl sites for hydroxylation is 3. The van der Waals surface area contributed by atoms with Gasteiger partial charge in [-0.1, -0.05) is 0 Å². The first-order valence-corrected chi connectivity index (χ1v) is 10.8. The fourth-order valence-electron chi connectivity index (χ4n) is 3.17. The van der Waals surface area contributed by atoms with Gasteiger partial charge in [-0.2, -0.15) is 0 Å². The number of guanidine groups is 1. The molecule has 0 saturated carbocycles. The Morgan fingerprint density at radius 3 is 1.55 bits per heavy atom. The Kier molecular flexibility index (Phi) is 9.52. The third-order valence-electron chi connectivity index (χ3n) is 4.72. The number of halogens is 1. The maximum absolute atomic E-state index is 12.8. The zero-order valence-electron chi connectivity index (χ0n) is 21.0. The molecule has 3 aromatic heterocycles. The number of aliphatic imine (C=N–C) groups is 1. The third-order valence-corrected chi connectivity index (χ3v) is 4.72. The zero-order chi connectivity index (χ0) is 27.3. The van der Waals surface area contributed by atoms with Gasteiger partial charge in [0.2, 0.25) is 23.4 Å². The van der Waals surface area contributed by atoms with Crippen molar-refractivity contribution in [2.75, 3.05) is 29.0 Å². The molecule has 3 aromatic rings. The summed E-state index contributed by atoms with van der Waals surface area (Å²) in [4.78, 5) is 65.1. The lowest BCUT2D eigenvalue weighted by Crippen LogP contribution is -2.30. The summed E-state index contributed by atoms with van der Waals surface area (Å²) in [7, 11) is 4.76. The predicted octanol–water partition coefficient (Wildman–Crippen LogP) is -1.22. The maximum Gasteiger partial charge on any atom is 0.292 e. The molecular weight excluding hydrogens is 522 g/mol. The summed E-state index contributed by atoms with van der Waals surface area (Å²) in [6.07, 6.45) is 4.39. The molecule has 0 aliphatic carbocycles. The molecular formula is C20H28ClN13O4. The summed E-state index contributed by atoms with van der Waals surface area (Å²) in [6, 6.07) is 0. The maximum atomic E-state index is 12.8. The summed E-state index contributed by atoms with van der Waals surface area (Å²) in [5.41, 5.74) is 10.5. The highest BCUT2D eigenvalue weighted by Crippen LogP contribution is 2.14. The first-order chi connectivity index (χ1) is 17.4. The van der Waals surface area contributed by atoms with E-state index in [1.54, 1.807) is 21.1 Å². The molecule has 204 valence electrons. The highest BCUT2D eigenvalue weighted by atomic mass is 35.5. The summed E-state index contributed by atoms with van der Waals surface area (Å²) in [5.74, 6) is -1.60. The van der Waals surface area contributed by atoms with Crippen LogP contribution < -0.4 is 32.7 Å². The smallest absolute Gasteiger partial charge is 0.292 e. The molecule has 8 N–H and O–H groups in total. The van der Waals surface area contributed by atoms with Gasteiger partial charge in [-0.05, 0) is 0 Å². The average Bonchev–Trinajstić information content (AvgIpc) is 3.46. The van der Waals surface area contributed by atoms with Crippen molar-refractivity contribution in [2.45, 2.75) is 6.92 Å². The minimum absolute atomic E-state index is 0. The molecule has 0 aliphatic rings. The van der Waals surface area contributed by atoms with Gasteiger partial charge < -0.3 is 46.4 Å². The van der Waals surface area contributed by atoms with Crippen molar-refractivity contribution in [3.63, 3.8) is 0 Å². The largest absolute Gasteiger partial charge is 0.370 e. The van der Waals surface area contributed by atoms with Crippen LogP contribution in [0.2, 0.25) is 0 Å². The van der Waals surface area contributed by atoms with Crippen LogP contribution in [0, 0.1) is 0 Å². The van der Waals surface area contributed by atoms with Gasteiger partial charge >= 0.3 is 0 Å². The second-order valence-corrected chi connectivity index (χ2v) is 7.83. The summed E-state index contributed by atoms with van der Waals surface area (Å²) >= 11 is 0. The number of imidazole rings is 3. The Morgan fingerprint density at radius 1 is 0.763 bits per heavy atom. The minimum atomic E-state index is -0.620. The number of carbonyl (C=O) groups excluding carboxylic acids is 4. The van der Waals surface area contributed by atoms with Gasteiger partial charge in [0.1, 0.15) is 0 Å². The van der Waals surface area contributed by atoms with Crippen molar-refractivity contribution in [1.29, 1.82) is 0 Å². The van der Waals surface area contributed by atoms with E-state index < -0.39 is 17.7 Å². The van der Waals surface area contributed by atoms with E-state index in [1.807, 2.05) is 0 Å². The fourth-order valence-corrected chi connectivity index (χ4v) is 3.17. The molecule has 3 rings (SSSR count). The van der Waals surface area contributed by atoms with Crippen molar-refractivity contribution >= 4 is 59.4 Å². The highest BCUT2D eigenvalue weighted by molar-refractivity contribution is 6.04. The Labute approximate surface area is 222 Å². The van der Waals surface area contributed by atoms with Crippen molar-refractivity contribution in [3.8, 4) is 0 Å². The Hall–Kier alpha value is -4.93. The topological polar surface area (TPSA) is 234 Å². The molecule has 17 nitrogen and oxygen atoms in total. The van der Waals surface area contributed by atoms with E-state index in [1.165, 1.54) is 39.2 Å². The molecule has 0 fully saturated rings. The number of nitrogens with zero attached hydrogens (tertiary/aromatic N) is 7. The van der Waals surface area contributed by atoms with Crippen molar-refractivity contribution in [3.05, 3.63) is 36.1 Å². The van der Waals surface area contributed by atoms with E-state index in [2.05, 4.69) is 41.2 Å². The van der Waals surface area contributed by atoms with E-state index in [0.29, 0.717) is 0 Å². The van der Waals surface area contributed by atoms with Crippen LogP contribution in [0.25, 0.3) is 0 Å². The zero-order valence-corrected chi connectivity index (χ0v) is 21.8. The monoisotopic (exact) mass is 549 g/mol. The third kappa shape index (κ3) is 7.29. The number of aromatic nitrogens is 6. The van der Waals surface area contributed by atoms with Crippen LogP contribution in [0.15, 0.2) is 23.6 Å². The standard InChI is InChI=1S/C20H27N13O4.ClH/c1-10(34)25-11-7-32(3)15(26-11)18(36)30-13-9-33(4)16(28-13)19(37)29-12-8-31(2)14(27-12)17(35)23-5-6-24-20(21)22;/h7-9H,5-6H2,1-4H3,(H,23,35)(H,25,34)(H,29,37)(H,30,36)(H4,21,22,24);1H. The van der Waals surface area contributed by atoms with Gasteiger partial charge in [-0.3, -0.25) is 24.2 Å². The quantitative estimate of drug-likeness (QED) is 0.106. The molecule has 0 bridgehead atoms. The first kappa shape index (κ1) is 29.3. The number of nitrogens with one attached hydrogen (secondary N) is 4. The van der Waals surface area contributed by atoms with Gasteiger partial charge in [0.15, 0.2) is 23.4 Å². The molecule has 0 atom stereocenters. The minimum Gasteiger partial charge on any atom is -0.370 e. The van der Waals surface area contributed by atoms with Gasteiger partial charge in [0.05, 0.1) is 6.54 Å². The molecule has 38 heavy (non-hydrogen) atoms. The predicted molar refractivity (Wildman–Crippen MR) is 140 cm³/mol. The number of hydrogen-bond donors (Lipinski definition) is 6. The van der Waals surface area contributed by atoms with Crippen LogP contribution in [-0.2, 0) is 25.9 Å². The average molecular weight is 550 g/mol. The van der Waals surface area contributed by atoms with Crippen LogP contribution in [0.3, 0.4) is 0 Å². The number of anilines is 3.